The minimum absolute atomic E-state index is 0.0785. The number of aliphatic hydroxyl groups excluding tert-OH is 1. The number of allylic oxidation sites excluding steroid dienone is 2. The van der Waals surface area contributed by atoms with E-state index in [0.717, 1.165) is 45.9 Å². The normalized spacial score (nSPS) is 23.6. The summed E-state index contributed by atoms with van der Waals surface area (Å²) in [6, 6.07) is 11.4. The van der Waals surface area contributed by atoms with Gasteiger partial charge in [0, 0.05) is 34.7 Å². The molecule has 2 aromatic carbocycles. The second kappa shape index (κ2) is 7.92. The summed E-state index contributed by atoms with van der Waals surface area (Å²) in [5.41, 5.74) is 6.16. The van der Waals surface area contributed by atoms with Gasteiger partial charge in [0.1, 0.15) is 0 Å². The zero-order chi connectivity index (χ0) is 26.3. The molecular weight excluding hydrogens is 492 g/mol. The molecule has 2 unspecified atom stereocenters. The highest BCUT2D eigenvalue weighted by atomic mass is 32.2. The molecule has 9 heteroatoms. The molecule has 2 atom stereocenters. The number of benzene rings is 2. The Morgan fingerprint density at radius 2 is 1.84 bits per heavy atom. The summed E-state index contributed by atoms with van der Waals surface area (Å²) in [6.45, 7) is 4.80. The molecule has 0 aromatic heterocycles. The number of aromatic carboxylic acids is 1. The third kappa shape index (κ3) is 3.57. The van der Waals surface area contributed by atoms with E-state index in [1.54, 1.807) is 48.6 Å². The molecule has 37 heavy (non-hydrogen) atoms. The number of hydrogen-bond donors (Lipinski definition) is 3. The van der Waals surface area contributed by atoms with Crippen LogP contribution in [0.2, 0.25) is 0 Å². The number of carbonyl (C=O) groups is 1. The van der Waals surface area contributed by atoms with Gasteiger partial charge in [0.2, 0.25) is 0 Å². The maximum absolute atomic E-state index is 11.9. The SMILES string of the molecule is CC1(C)C2=C3C=C4C=CC(O)C=C4N(c4ccc(C(=O)O)cc4)C3CCN2c2ccc(S(=O)(=O)O)cc21. The molecule has 190 valence electrons. The molecule has 0 fully saturated rings. The zero-order valence-corrected chi connectivity index (χ0v) is 21.1. The molecule has 3 N–H and O–H groups in total. The monoisotopic (exact) mass is 518 g/mol. The summed E-state index contributed by atoms with van der Waals surface area (Å²) in [4.78, 5) is 15.7. The Balaban J connectivity index is 1.55. The molecule has 3 heterocycles. The van der Waals surface area contributed by atoms with Crippen LogP contribution in [0.15, 0.2) is 94.2 Å². The van der Waals surface area contributed by atoms with Crippen LogP contribution in [0.1, 0.15) is 36.2 Å². The minimum Gasteiger partial charge on any atom is -0.478 e. The number of rotatable bonds is 3. The fourth-order valence-corrected chi connectivity index (χ4v) is 6.61. The summed E-state index contributed by atoms with van der Waals surface area (Å²) in [5, 5.41) is 19.8. The summed E-state index contributed by atoms with van der Waals surface area (Å²) in [5.74, 6) is -0.994. The zero-order valence-electron chi connectivity index (χ0n) is 20.3. The molecule has 0 amide bonds. The first kappa shape index (κ1) is 23.7. The highest BCUT2D eigenvalue weighted by Gasteiger charge is 2.48. The highest BCUT2D eigenvalue weighted by molar-refractivity contribution is 7.85. The van der Waals surface area contributed by atoms with E-state index in [-0.39, 0.29) is 16.5 Å². The third-order valence-corrected chi connectivity index (χ3v) is 8.57. The standard InChI is InChI=1S/C28H26N2O6S/c1-28(2)22-15-20(37(34,35)36)9-10-24(22)29-12-11-23-21(26(28)29)13-17-5-8-19(31)14-25(17)30(23)18-6-3-16(4-7-18)27(32)33/h3-10,13-15,19,23,31H,11-12H2,1-2H3,(H,32,33)(H,34,35,36). The number of fused-ring (bicyclic) bond motifs is 5. The smallest absolute Gasteiger partial charge is 0.335 e. The molecule has 6 rings (SSSR count). The van der Waals surface area contributed by atoms with Crippen LogP contribution < -0.4 is 9.80 Å². The van der Waals surface area contributed by atoms with E-state index >= 15 is 0 Å². The second-order valence-corrected chi connectivity index (χ2v) is 11.7. The molecule has 1 aliphatic carbocycles. The van der Waals surface area contributed by atoms with Gasteiger partial charge in [0.25, 0.3) is 10.1 Å². The van der Waals surface area contributed by atoms with Crippen molar-refractivity contribution < 1.29 is 28.0 Å². The van der Waals surface area contributed by atoms with Crippen LogP contribution in [-0.2, 0) is 15.5 Å². The van der Waals surface area contributed by atoms with Crippen molar-refractivity contribution in [3.63, 3.8) is 0 Å². The Bertz CT molecular complexity index is 1580. The van der Waals surface area contributed by atoms with Gasteiger partial charge in [-0.3, -0.25) is 4.55 Å². The van der Waals surface area contributed by atoms with Gasteiger partial charge < -0.3 is 20.0 Å². The van der Waals surface area contributed by atoms with Crippen molar-refractivity contribution in [3.05, 3.63) is 100 Å². The van der Waals surface area contributed by atoms with E-state index < -0.39 is 27.6 Å². The lowest BCUT2D eigenvalue weighted by Crippen LogP contribution is -2.48. The lowest BCUT2D eigenvalue weighted by atomic mass is 9.77. The van der Waals surface area contributed by atoms with Crippen LogP contribution in [0, 0.1) is 0 Å². The number of carboxylic acids is 1. The maximum Gasteiger partial charge on any atom is 0.335 e. The van der Waals surface area contributed by atoms with E-state index in [0.29, 0.717) is 6.54 Å². The lowest BCUT2D eigenvalue weighted by Gasteiger charge is -2.47. The van der Waals surface area contributed by atoms with Gasteiger partial charge >= 0.3 is 5.97 Å². The summed E-state index contributed by atoms with van der Waals surface area (Å²) in [6.07, 6.45) is 7.58. The van der Waals surface area contributed by atoms with Gasteiger partial charge in [-0.1, -0.05) is 26.0 Å². The number of nitrogens with zero attached hydrogens (tertiary/aromatic N) is 2. The average molecular weight is 519 g/mol. The molecule has 0 radical (unpaired) electrons. The second-order valence-electron chi connectivity index (χ2n) is 10.3. The summed E-state index contributed by atoms with van der Waals surface area (Å²) in [7, 11) is -4.34. The van der Waals surface area contributed by atoms with Gasteiger partial charge in [0.05, 0.1) is 22.6 Å². The van der Waals surface area contributed by atoms with Gasteiger partial charge in [-0.2, -0.15) is 8.42 Å². The van der Waals surface area contributed by atoms with Crippen LogP contribution in [0.25, 0.3) is 0 Å². The van der Waals surface area contributed by atoms with Crippen LogP contribution in [-0.4, -0.2) is 47.8 Å². The van der Waals surface area contributed by atoms with Crippen molar-refractivity contribution in [1.82, 2.24) is 0 Å². The van der Waals surface area contributed by atoms with Gasteiger partial charge in [-0.05, 0) is 77.7 Å². The Labute approximate surface area is 214 Å². The van der Waals surface area contributed by atoms with Gasteiger partial charge in [-0.25, -0.2) is 4.79 Å². The molecule has 0 bridgehead atoms. The number of hydrogen-bond acceptors (Lipinski definition) is 6. The first-order valence-electron chi connectivity index (χ1n) is 12.0. The lowest BCUT2D eigenvalue weighted by molar-refractivity contribution is 0.0697. The van der Waals surface area contributed by atoms with Crippen molar-refractivity contribution in [2.24, 2.45) is 0 Å². The average Bonchev–Trinajstić information content (AvgIpc) is 3.09. The van der Waals surface area contributed by atoms with Crippen LogP contribution in [0.5, 0.6) is 0 Å². The molecule has 0 saturated carbocycles. The van der Waals surface area contributed by atoms with Crippen molar-refractivity contribution in [2.45, 2.75) is 42.7 Å². The van der Waals surface area contributed by atoms with E-state index in [4.69, 9.17) is 0 Å². The Hall–Kier alpha value is -3.66. The van der Waals surface area contributed by atoms with Crippen LogP contribution in [0.3, 0.4) is 0 Å². The summed E-state index contributed by atoms with van der Waals surface area (Å²) >= 11 is 0. The molecule has 8 nitrogen and oxygen atoms in total. The third-order valence-electron chi connectivity index (χ3n) is 7.72. The topological polar surface area (TPSA) is 118 Å². The van der Waals surface area contributed by atoms with Crippen LogP contribution in [0.4, 0.5) is 11.4 Å². The van der Waals surface area contributed by atoms with Crippen molar-refractivity contribution >= 4 is 27.5 Å². The molecule has 4 aliphatic rings. The Kier molecular flexibility index (Phi) is 5.08. The van der Waals surface area contributed by atoms with Crippen LogP contribution >= 0.6 is 0 Å². The maximum atomic E-state index is 11.9. The van der Waals surface area contributed by atoms with E-state index in [2.05, 4.69) is 29.7 Å². The van der Waals surface area contributed by atoms with Crippen molar-refractivity contribution in [3.8, 4) is 0 Å². The number of anilines is 2. The fraction of sp³-hybridized carbons (Fsp3) is 0.250. The molecule has 0 saturated heterocycles. The molecule has 3 aliphatic heterocycles. The number of aliphatic hydroxyl groups is 1. The first-order valence-corrected chi connectivity index (χ1v) is 13.5. The number of carboxylic acid groups (broad SMARTS) is 1. The molecule has 0 spiro atoms. The van der Waals surface area contributed by atoms with E-state index in [9.17, 15) is 28.0 Å². The van der Waals surface area contributed by atoms with E-state index in [1.807, 2.05) is 6.08 Å². The Morgan fingerprint density at radius 3 is 2.51 bits per heavy atom. The predicted molar refractivity (Wildman–Crippen MR) is 139 cm³/mol. The largest absolute Gasteiger partial charge is 0.478 e. The first-order chi connectivity index (χ1) is 17.5. The minimum atomic E-state index is -4.34. The highest BCUT2D eigenvalue weighted by Crippen LogP contribution is 2.54. The summed E-state index contributed by atoms with van der Waals surface area (Å²) < 4.78 is 33.4. The quantitative estimate of drug-likeness (QED) is 0.522. The van der Waals surface area contributed by atoms with E-state index in [1.165, 1.54) is 6.07 Å². The van der Waals surface area contributed by atoms with Gasteiger partial charge in [0.15, 0.2) is 0 Å². The predicted octanol–water partition coefficient (Wildman–Crippen LogP) is 4.02. The van der Waals surface area contributed by atoms with Crippen molar-refractivity contribution in [2.75, 3.05) is 16.3 Å². The van der Waals surface area contributed by atoms with Crippen molar-refractivity contribution in [1.29, 1.82) is 0 Å². The van der Waals surface area contributed by atoms with Gasteiger partial charge in [-0.15, -0.1) is 0 Å². The Morgan fingerprint density at radius 1 is 1.11 bits per heavy atom. The molecular formula is C28H26N2O6S. The fourth-order valence-electron chi connectivity index (χ4n) is 6.11. The molecule has 2 aromatic rings.